The number of ether oxygens (including phenoxy) is 1. The van der Waals surface area contributed by atoms with Crippen LogP contribution in [0.1, 0.15) is 12.0 Å². The van der Waals surface area contributed by atoms with Crippen molar-refractivity contribution in [2.75, 3.05) is 19.7 Å². The maximum absolute atomic E-state index is 11.7. The van der Waals surface area contributed by atoms with Gasteiger partial charge in [0, 0.05) is 33.2 Å². The van der Waals surface area contributed by atoms with E-state index in [1.807, 2.05) is 41.3 Å². The largest absolute Gasteiger partial charge is 0.419 e. The molecule has 0 bridgehead atoms. The molecule has 2 atom stereocenters. The van der Waals surface area contributed by atoms with Gasteiger partial charge in [-0.1, -0.05) is 30.3 Å². The fraction of sp³-hybridized carbons (Fsp3) is 0.348. The SMILES string of the molecule is Cn1c(=O)oc2ccc(-c3ccc(C[C@@H](C#N)N4CCCO[C@H](C(N)=O)C4)cc3)cc21. The molecule has 2 heterocycles. The van der Waals surface area contributed by atoms with Gasteiger partial charge in [-0.25, -0.2) is 4.79 Å². The Labute approximate surface area is 179 Å². The third-order valence-electron chi connectivity index (χ3n) is 5.72. The summed E-state index contributed by atoms with van der Waals surface area (Å²) in [5.41, 5.74) is 9.71. The van der Waals surface area contributed by atoms with Crippen molar-refractivity contribution in [3.8, 4) is 17.2 Å². The Hall–Kier alpha value is -3.41. The standard InChI is InChI=1S/C23H24N4O4/c1-26-19-12-17(7-8-20(19)31-23(26)29)16-5-3-15(4-6-16)11-18(13-24)27-9-2-10-30-21(14-27)22(25)28/h3-8,12,18,21H,2,9-11,14H2,1H3,(H2,25,28)/t18-,21-/m0/s1. The molecule has 2 N–H and O–H groups in total. The first-order valence-electron chi connectivity index (χ1n) is 10.2. The van der Waals surface area contributed by atoms with Gasteiger partial charge in [-0.2, -0.15) is 5.26 Å². The molecule has 1 saturated heterocycles. The van der Waals surface area contributed by atoms with E-state index in [1.165, 1.54) is 4.57 Å². The van der Waals surface area contributed by atoms with Crippen molar-refractivity contribution >= 4 is 17.0 Å². The molecule has 8 nitrogen and oxygen atoms in total. The van der Waals surface area contributed by atoms with Gasteiger partial charge in [0.25, 0.3) is 0 Å². The highest BCUT2D eigenvalue weighted by Crippen LogP contribution is 2.25. The lowest BCUT2D eigenvalue weighted by Crippen LogP contribution is -2.44. The van der Waals surface area contributed by atoms with Gasteiger partial charge >= 0.3 is 5.76 Å². The van der Waals surface area contributed by atoms with Crippen LogP contribution in [0.3, 0.4) is 0 Å². The third kappa shape index (κ3) is 4.38. The van der Waals surface area contributed by atoms with Crippen LogP contribution in [0.25, 0.3) is 22.2 Å². The van der Waals surface area contributed by atoms with Gasteiger partial charge < -0.3 is 14.9 Å². The van der Waals surface area contributed by atoms with E-state index in [4.69, 9.17) is 14.9 Å². The highest BCUT2D eigenvalue weighted by atomic mass is 16.5. The van der Waals surface area contributed by atoms with E-state index in [-0.39, 0.29) is 11.8 Å². The Bertz CT molecular complexity index is 1190. The zero-order valence-corrected chi connectivity index (χ0v) is 17.3. The van der Waals surface area contributed by atoms with Gasteiger partial charge in [-0.3, -0.25) is 14.3 Å². The number of aryl methyl sites for hydroxylation is 1. The summed E-state index contributed by atoms with van der Waals surface area (Å²) in [5, 5.41) is 9.73. The summed E-state index contributed by atoms with van der Waals surface area (Å²) in [6.07, 6.45) is 0.603. The summed E-state index contributed by atoms with van der Waals surface area (Å²) in [6.45, 7) is 1.47. The summed E-state index contributed by atoms with van der Waals surface area (Å²) in [5.74, 6) is -0.887. The summed E-state index contributed by atoms with van der Waals surface area (Å²) in [7, 11) is 1.68. The molecular formula is C23H24N4O4. The van der Waals surface area contributed by atoms with Crippen LogP contribution in [0, 0.1) is 11.3 Å². The summed E-state index contributed by atoms with van der Waals surface area (Å²) < 4.78 is 12.2. The molecule has 0 aliphatic carbocycles. The Balaban J connectivity index is 1.51. The number of oxazole rings is 1. The number of rotatable bonds is 5. The zero-order chi connectivity index (χ0) is 22.0. The second-order valence-electron chi connectivity index (χ2n) is 7.77. The number of aromatic nitrogens is 1. The summed E-state index contributed by atoms with van der Waals surface area (Å²) in [6, 6.07) is 15.6. The molecule has 2 aromatic carbocycles. The number of fused-ring (bicyclic) bond motifs is 1. The molecule has 1 aromatic heterocycles. The van der Waals surface area contributed by atoms with Crippen molar-refractivity contribution in [3.63, 3.8) is 0 Å². The van der Waals surface area contributed by atoms with Crippen LogP contribution in [0.4, 0.5) is 0 Å². The van der Waals surface area contributed by atoms with Crippen LogP contribution in [-0.4, -0.2) is 47.2 Å². The quantitative estimate of drug-likeness (QED) is 0.673. The first-order chi connectivity index (χ1) is 15.0. The van der Waals surface area contributed by atoms with Gasteiger partial charge in [-0.05, 0) is 35.2 Å². The first kappa shape index (κ1) is 20.8. The lowest BCUT2D eigenvalue weighted by Gasteiger charge is -2.27. The second kappa shape index (κ2) is 8.76. The van der Waals surface area contributed by atoms with Crippen LogP contribution < -0.4 is 11.5 Å². The van der Waals surface area contributed by atoms with E-state index in [1.54, 1.807) is 13.1 Å². The monoisotopic (exact) mass is 420 g/mol. The normalized spacial score (nSPS) is 18.4. The number of carbonyl (C=O) groups excluding carboxylic acids is 1. The van der Waals surface area contributed by atoms with Crippen molar-refractivity contribution < 1.29 is 13.9 Å². The van der Waals surface area contributed by atoms with Gasteiger partial charge in [0.05, 0.1) is 11.6 Å². The fourth-order valence-electron chi connectivity index (χ4n) is 3.92. The van der Waals surface area contributed by atoms with Crippen molar-refractivity contribution in [2.24, 2.45) is 12.8 Å². The molecule has 1 fully saturated rings. The number of benzene rings is 2. The highest BCUT2D eigenvalue weighted by Gasteiger charge is 2.28. The van der Waals surface area contributed by atoms with E-state index in [2.05, 4.69) is 6.07 Å². The number of nitrogens with two attached hydrogens (primary N) is 1. The molecule has 31 heavy (non-hydrogen) atoms. The van der Waals surface area contributed by atoms with Gasteiger partial charge in [0.1, 0.15) is 12.1 Å². The van der Waals surface area contributed by atoms with Crippen LogP contribution in [-0.2, 0) is 23.0 Å². The van der Waals surface area contributed by atoms with Gasteiger partial charge in [-0.15, -0.1) is 0 Å². The maximum Gasteiger partial charge on any atom is 0.419 e. The molecule has 1 aliphatic heterocycles. The Morgan fingerprint density at radius 3 is 2.71 bits per heavy atom. The molecule has 3 aromatic rings. The molecule has 8 heteroatoms. The van der Waals surface area contributed by atoms with Crippen molar-refractivity contribution in [3.05, 3.63) is 58.6 Å². The number of carbonyl (C=O) groups is 1. The minimum absolute atomic E-state index is 0.328. The molecule has 0 radical (unpaired) electrons. The highest BCUT2D eigenvalue weighted by molar-refractivity contribution is 5.80. The Kier molecular flexibility index (Phi) is 5.89. The van der Waals surface area contributed by atoms with E-state index in [0.717, 1.165) is 28.6 Å². The van der Waals surface area contributed by atoms with Crippen molar-refractivity contribution in [1.29, 1.82) is 5.26 Å². The fourth-order valence-corrected chi connectivity index (χ4v) is 3.92. The predicted octanol–water partition coefficient (Wildman–Crippen LogP) is 1.81. The van der Waals surface area contributed by atoms with Crippen LogP contribution in [0.5, 0.6) is 0 Å². The van der Waals surface area contributed by atoms with Gasteiger partial charge in [0.15, 0.2) is 5.58 Å². The third-order valence-corrected chi connectivity index (χ3v) is 5.72. The maximum atomic E-state index is 11.7. The first-order valence-corrected chi connectivity index (χ1v) is 10.2. The number of nitriles is 1. The van der Waals surface area contributed by atoms with Crippen molar-refractivity contribution in [2.45, 2.75) is 25.0 Å². The van der Waals surface area contributed by atoms with Crippen LogP contribution in [0.15, 0.2) is 51.7 Å². The van der Waals surface area contributed by atoms with Gasteiger partial charge in [0.2, 0.25) is 5.91 Å². The smallest absolute Gasteiger partial charge is 0.408 e. The number of primary amides is 1. The predicted molar refractivity (Wildman–Crippen MR) is 115 cm³/mol. The minimum Gasteiger partial charge on any atom is -0.408 e. The van der Waals surface area contributed by atoms with E-state index in [0.29, 0.717) is 31.7 Å². The number of hydrogen-bond donors (Lipinski definition) is 1. The molecule has 0 spiro atoms. The van der Waals surface area contributed by atoms with E-state index < -0.39 is 12.0 Å². The number of amides is 1. The molecule has 0 unspecified atom stereocenters. The minimum atomic E-state index is -0.686. The molecule has 1 aliphatic rings. The molecule has 1 amide bonds. The second-order valence-corrected chi connectivity index (χ2v) is 7.77. The summed E-state index contributed by atoms with van der Waals surface area (Å²) in [4.78, 5) is 25.2. The topological polar surface area (TPSA) is 114 Å². The number of nitrogens with zero attached hydrogens (tertiary/aromatic N) is 3. The average Bonchev–Trinajstić information content (AvgIpc) is 2.94. The van der Waals surface area contributed by atoms with E-state index >= 15 is 0 Å². The van der Waals surface area contributed by atoms with Crippen molar-refractivity contribution in [1.82, 2.24) is 9.47 Å². The Morgan fingerprint density at radius 2 is 2.00 bits per heavy atom. The summed E-state index contributed by atoms with van der Waals surface area (Å²) >= 11 is 0. The molecular weight excluding hydrogens is 396 g/mol. The van der Waals surface area contributed by atoms with E-state index in [9.17, 15) is 14.9 Å². The molecule has 4 rings (SSSR count). The Morgan fingerprint density at radius 1 is 1.26 bits per heavy atom. The van der Waals surface area contributed by atoms with Crippen LogP contribution >= 0.6 is 0 Å². The average molecular weight is 420 g/mol. The molecule has 0 saturated carbocycles. The molecule has 160 valence electrons. The zero-order valence-electron chi connectivity index (χ0n) is 17.3. The van der Waals surface area contributed by atoms with Crippen LogP contribution in [0.2, 0.25) is 0 Å². The lowest BCUT2D eigenvalue weighted by molar-refractivity contribution is -0.129. The lowest BCUT2D eigenvalue weighted by atomic mass is 10.00. The number of hydrogen-bond acceptors (Lipinski definition) is 6.